The van der Waals surface area contributed by atoms with Crippen molar-refractivity contribution < 1.29 is 9.53 Å². The number of anilines is 1. The van der Waals surface area contributed by atoms with Crippen LogP contribution in [0.1, 0.15) is 57.2 Å². The average molecular weight is 435 g/mol. The summed E-state index contributed by atoms with van der Waals surface area (Å²) in [5.74, 6) is 0.796. The van der Waals surface area contributed by atoms with Crippen LogP contribution in [0.15, 0.2) is 54.6 Å². The van der Waals surface area contributed by atoms with Gasteiger partial charge in [-0.3, -0.25) is 9.69 Å². The van der Waals surface area contributed by atoms with Gasteiger partial charge in [0.25, 0.3) is 5.91 Å². The highest BCUT2D eigenvalue weighted by Gasteiger charge is 2.30. The molecule has 0 bridgehead atoms. The van der Waals surface area contributed by atoms with Crippen LogP contribution in [0.5, 0.6) is 5.75 Å². The van der Waals surface area contributed by atoms with E-state index in [1.807, 2.05) is 36.4 Å². The van der Waals surface area contributed by atoms with Crippen molar-refractivity contribution in [1.29, 1.82) is 0 Å². The summed E-state index contributed by atoms with van der Waals surface area (Å²) in [6.45, 7) is 6.43. The van der Waals surface area contributed by atoms with Gasteiger partial charge in [0.15, 0.2) is 0 Å². The molecule has 2 heterocycles. The van der Waals surface area contributed by atoms with E-state index in [1.165, 1.54) is 40.8 Å². The molecular weight excluding hydrogens is 404 g/mol. The lowest BCUT2D eigenvalue weighted by Gasteiger charge is -2.36. The molecular formula is C26H30N2O2S. The number of amides is 1. The highest BCUT2D eigenvalue weighted by molar-refractivity contribution is 7.16. The van der Waals surface area contributed by atoms with Gasteiger partial charge in [-0.2, -0.15) is 0 Å². The zero-order valence-corrected chi connectivity index (χ0v) is 19.3. The summed E-state index contributed by atoms with van der Waals surface area (Å²) in [5.41, 5.74) is 4.35. The standard InChI is InChI=1S/C26H30N2O2S/c1-18-19(2)31-26(27-25(29)20-11-6-4-7-12-20)23(18)24(28-15-8-5-9-16-28)21-13-10-14-22(17-21)30-3/h4,6-7,10-14,17,24H,5,8-9,15-16H2,1-3H3,(H,27,29). The quantitative estimate of drug-likeness (QED) is 0.502. The SMILES string of the molecule is COc1cccc(C(c2c(NC(=O)c3ccccc3)sc(C)c2C)N2CCCCC2)c1. The van der Waals surface area contributed by atoms with Crippen LogP contribution in [0.4, 0.5) is 5.00 Å². The lowest BCUT2D eigenvalue weighted by Crippen LogP contribution is -2.35. The zero-order chi connectivity index (χ0) is 21.8. The van der Waals surface area contributed by atoms with Crippen LogP contribution in [0.2, 0.25) is 0 Å². The Labute approximate surface area is 188 Å². The van der Waals surface area contributed by atoms with E-state index >= 15 is 0 Å². The van der Waals surface area contributed by atoms with E-state index in [2.05, 4.69) is 42.3 Å². The number of hydrogen-bond donors (Lipinski definition) is 1. The maximum Gasteiger partial charge on any atom is 0.256 e. The molecule has 0 spiro atoms. The molecule has 1 fully saturated rings. The van der Waals surface area contributed by atoms with Crippen LogP contribution < -0.4 is 10.1 Å². The third-order valence-corrected chi connectivity index (χ3v) is 7.27. The monoisotopic (exact) mass is 434 g/mol. The minimum Gasteiger partial charge on any atom is -0.497 e. The van der Waals surface area contributed by atoms with Crippen molar-refractivity contribution >= 4 is 22.2 Å². The number of ether oxygens (including phenoxy) is 1. The largest absolute Gasteiger partial charge is 0.497 e. The maximum atomic E-state index is 13.0. The molecule has 31 heavy (non-hydrogen) atoms. The summed E-state index contributed by atoms with van der Waals surface area (Å²) in [6.07, 6.45) is 3.68. The molecule has 1 saturated heterocycles. The van der Waals surface area contributed by atoms with E-state index in [-0.39, 0.29) is 11.9 Å². The number of hydrogen-bond acceptors (Lipinski definition) is 4. The third-order valence-electron chi connectivity index (χ3n) is 6.13. The molecule has 1 amide bonds. The van der Waals surface area contributed by atoms with Gasteiger partial charge in [0, 0.05) is 16.0 Å². The minimum atomic E-state index is -0.0638. The van der Waals surface area contributed by atoms with Crippen molar-refractivity contribution in [2.45, 2.75) is 39.2 Å². The predicted octanol–water partition coefficient (Wildman–Crippen LogP) is 6.20. The highest BCUT2D eigenvalue weighted by Crippen LogP contribution is 2.43. The Morgan fingerprint density at radius 1 is 1.03 bits per heavy atom. The van der Waals surface area contributed by atoms with Gasteiger partial charge in [0.05, 0.1) is 13.2 Å². The number of benzene rings is 2. The number of rotatable bonds is 6. The second kappa shape index (κ2) is 9.67. The van der Waals surface area contributed by atoms with Gasteiger partial charge in [-0.05, 0) is 75.2 Å². The van der Waals surface area contributed by atoms with Gasteiger partial charge >= 0.3 is 0 Å². The summed E-state index contributed by atoms with van der Waals surface area (Å²) < 4.78 is 5.53. The van der Waals surface area contributed by atoms with Gasteiger partial charge in [0.1, 0.15) is 10.8 Å². The number of piperidine rings is 1. The van der Waals surface area contributed by atoms with Crippen LogP contribution in [0.25, 0.3) is 0 Å². The molecule has 0 radical (unpaired) electrons. The van der Waals surface area contributed by atoms with Gasteiger partial charge in [-0.1, -0.05) is 36.8 Å². The summed E-state index contributed by atoms with van der Waals surface area (Å²) in [4.78, 5) is 16.8. The molecule has 4 rings (SSSR count). The number of carbonyl (C=O) groups excluding carboxylic acids is 1. The predicted molar refractivity (Wildman–Crippen MR) is 128 cm³/mol. The number of carbonyl (C=O) groups is 1. The number of methoxy groups -OCH3 is 1. The van der Waals surface area contributed by atoms with E-state index in [9.17, 15) is 4.79 Å². The van der Waals surface area contributed by atoms with Crippen molar-refractivity contribution in [2.24, 2.45) is 0 Å². The Balaban J connectivity index is 1.78. The molecule has 162 valence electrons. The maximum absolute atomic E-state index is 13.0. The topological polar surface area (TPSA) is 41.6 Å². The van der Waals surface area contributed by atoms with Crippen molar-refractivity contribution in [3.05, 3.63) is 81.7 Å². The first-order valence-corrected chi connectivity index (χ1v) is 11.7. The van der Waals surface area contributed by atoms with Gasteiger partial charge in [-0.15, -0.1) is 11.3 Å². The molecule has 1 aliphatic rings. The lowest BCUT2D eigenvalue weighted by atomic mass is 9.93. The fourth-order valence-corrected chi connectivity index (χ4v) is 5.47. The third kappa shape index (κ3) is 4.68. The molecule has 0 aliphatic carbocycles. The molecule has 1 unspecified atom stereocenters. The summed E-state index contributed by atoms with van der Waals surface area (Å²) in [6, 6.07) is 17.9. The van der Waals surface area contributed by atoms with Crippen LogP contribution >= 0.6 is 11.3 Å². The van der Waals surface area contributed by atoms with Gasteiger partial charge in [0.2, 0.25) is 0 Å². The zero-order valence-electron chi connectivity index (χ0n) is 18.5. The summed E-state index contributed by atoms with van der Waals surface area (Å²) in [7, 11) is 1.71. The number of thiophene rings is 1. The number of nitrogens with one attached hydrogen (secondary N) is 1. The number of likely N-dealkylation sites (tertiary alicyclic amines) is 1. The number of nitrogens with zero attached hydrogens (tertiary/aromatic N) is 1. The first kappa shape index (κ1) is 21.6. The normalized spacial score (nSPS) is 15.5. The smallest absolute Gasteiger partial charge is 0.256 e. The van der Waals surface area contributed by atoms with Crippen LogP contribution in [-0.4, -0.2) is 31.0 Å². The highest BCUT2D eigenvalue weighted by atomic mass is 32.1. The van der Waals surface area contributed by atoms with Crippen LogP contribution in [0.3, 0.4) is 0 Å². The molecule has 2 aromatic carbocycles. The summed E-state index contributed by atoms with van der Waals surface area (Å²) >= 11 is 1.67. The molecule has 1 aromatic heterocycles. The van der Waals surface area contributed by atoms with Crippen molar-refractivity contribution in [3.8, 4) is 5.75 Å². The van der Waals surface area contributed by atoms with Crippen LogP contribution in [-0.2, 0) is 0 Å². The first-order chi connectivity index (χ1) is 15.1. The lowest BCUT2D eigenvalue weighted by molar-refractivity contribution is 0.102. The average Bonchev–Trinajstić information content (AvgIpc) is 3.08. The fraction of sp³-hybridized carbons (Fsp3) is 0.346. The molecule has 3 aromatic rings. The summed E-state index contributed by atoms with van der Waals surface area (Å²) in [5, 5.41) is 4.17. The molecule has 4 nitrogen and oxygen atoms in total. The second-order valence-corrected chi connectivity index (χ2v) is 9.35. The van der Waals surface area contributed by atoms with Gasteiger partial charge in [-0.25, -0.2) is 0 Å². The van der Waals surface area contributed by atoms with Crippen molar-refractivity contribution in [2.75, 3.05) is 25.5 Å². The van der Waals surface area contributed by atoms with Crippen molar-refractivity contribution in [1.82, 2.24) is 4.90 Å². The van der Waals surface area contributed by atoms with E-state index in [0.29, 0.717) is 5.56 Å². The Bertz CT molecular complexity index is 1040. The molecule has 1 N–H and O–H groups in total. The van der Waals surface area contributed by atoms with E-state index in [1.54, 1.807) is 18.4 Å². The Kier molecular flexibility index (Phi) is 6.73. The number of aryl methyl sites for hydroxylation is 1. The molecule has 1 aliphatic heterocycles. The van der Waals surface area contributed by atoms with Crippen LogP contribution in [0, 0.1) is 13.8 Å². The fourth-order valence-electron chi connectivity index (χ4n) is 4.38. The van der Waals surface area contributed by atoms with Crippen molar-refractivity contribution in [3.63, 3.8) is 0 Å². The molecule has 1 atom stereocenters. The Morgan fingerprint density at radius 2 is 1.77 bits per heavy atom. The van der Waals surface area contributed by atoms with E-state index < -0.39 is 0 Å². The molecule has 0 saturated carbocycles. The first-order valence-electron chi connectivity index (χ1n) is 10.9. The Morgan fingerprint density at radius 3 is 2.48 bits per heavy atom. The second-order valence-electron chi connectivity index (χ2n) is 8.12. The molecule has 5 heteroatoms. The van der Waals surface area contributed by atoms with E-state index in [4.69, 9.17) is 4.74 Å². The minimum absolute atomic E-state index is 0.0638. The van der Waals surface area contributed by atoms with E-state index in [0.717, 1.165) is 23.8 Å². The van der Waals surface area contributed by atoms with Gasteiger partial charge < -0.3 is 10.1 Å². The Hall–Kier alpha value is -2.63.